The Morgan fingerprint density at radius 3 is 0.741 bits per heavy atom. The van der Waals surface area contributed by atoms with Crippen molar-refractivity contribution in [2.24, 2.45) is 126 Å². The molecule has 0 amide bonds. The molecule has 0 aromatic heterocycles. The largest absolute Gasteiger partial charge is 0.0651 e. The van der Waals surface area contributed by atoms with Crippen LogP contribution in [-0.4, -0.2) is 0 Å². The minimum absolute atomic E-state index is 0.375. The molecule has 0 bridgehead atoms. The zero-order valence-electron chi connectivity index (χ0n) is 65.7. The van der Waals surface area contributed by atoms with Crippen LogP contribution in [0.15, 0.2) is 0 Å². The van der Waals surface area contributed by atoms with E-state index in [4.69, 9.17) is 0 Å². The van der Waals surface area contributed by atoms with Crippen LogP contribution in [0, 0.1) is 126 Å². The molecule has 0 N–H and O–H groups in total. The third-order valence-corrected chi connectivity index (χ3v) is 24.4. The first-order valence-electron chi connectivity index (χ1n) is 35.9. The van der Waals surface area contributed by atoms with Gasteiger partial charge >= 0.3 is 0 Å². The molecule has 496 valence electrons. The van der Waals surface area contributed by atoms with Crippen LogP contribution < -0.4 is 0 Å². The Bertz CT molecular complexity index is 1350. The molecule has 2 unspecified atom stereocenters. The van der Waals surface area contributed by atoms with Crippen molar-refractivity contribution in [2.45, 2.75) is 399 Å². The molecule has 4 saturated carbocycles. The highest BCUT2D eigenvalue weighted by atomic mass is 14.5. The second-order valence-electron chi connectivity index (χ2n) is 38.1. The second-order valence-corrected chi connectivity index (χ2v) is 38.1. The molecule has 81 heavy (non-hydrogen) atoms. The van der Waals surface area contributed by atoms with E-state index < -0.39 is 0 Å². The highest BCUT2D eigenvalue weighted by Crippen LogP contribution is 2.50. The molecule has 0 aromatic rings. The molecule has 0 heterocycles. The first kappa shape index (κ1) is 89.8. The molecule has 5 atom stereocenters. The van der Waals surface area contributed by atoms with Crippen LogP contribution in [-0.2, 0) is 0 Å². The fourth-order valence-corrected chi connectivity index (χ4v) is 11.2. The van der Waals surface area contributed by atoms with Gasteiger partial charge in [-0.3, -0.25) is 0 Å². The molecule has 0 nitrogen and oxygen atoms in total. The number of hydrogen-bond acceptors (Lipinski definition) is 0. The van der Waals surface area contributed by atoms with E-state index in [-0.39, 0.29) is 0 Å². The molecule has 0 heteroatoms. The fraction of sp³-hybridized carbons (Fsp3) is 1.00. The highest BCUT2D eigenvalue weighted by Gasteiger charge is 2.42. The summed E-state index contributed by atoms with van der Waals surface area (Å²) in [4.78, 5) is 0. The van der Waals surface area contributed by atoms with Gasteiger partial charge in [0.25, 0.3) is 0 Å². The first-order valence-corrected chi connectivity index (χ1v) is 35.9. The zero-order valence-corrected chi connectivity index (χ0v) is 65.7. The van der Waals surface area contributed by atoms with Crippen molar-refractivity contribution in [3.63, 3.8) is 0 Å². The normalized spacial score (nSPS) is 23.0. The van der Waals surface area contributed by atoms with E-state index in [9.17, 15) is 0 Å². The second kappa shape index (κ2) is 40.5. The minimum Gasteiger partial charge on any atom is -0.0651 e. The summed E-state index contributed by atoms with van der Waals surface area (Å²) in [6.45, 7) is 95.2. The fourth-order valence-electron chi connectivity index (χ4n) is 11.2. The van der Waals surface area contributed by atoms with Gasteiger partial charge in [0.15, 0.2) is 0 Å². The van der Waals surface area contributed by atoms with Gasteiger partial charge in [-0.25, -0.2) is 0 Å². The van der Waals surface area contributed by atoms with Gasteiger partial charge in [-0.2, -0.15) is 0 Å². The van der Waals surface area contributed by atoms with Crippen LogP contribution in [0.25, 0.3) is 0 Å². The first-order chi connectivity index (χ1) is 35.9. The lowest BCUT2D eigenvalue weighted by Gasteiger charge is -2.49. The standard InChI is InChI=1S/C11H24.2C10H22.2C9H20.4C8H16/c1-9(2,3)11(7,8)10(4,5)6;1-8(9(2,3)4)10(5,6)7;1-8(2)10(6,7)9(3,4)5;1-7(2)8(3)9(4,5)6;1-7(2)9(5,6)8(3)4;1-7-3-5-8(2)6-4-7;1-7-4-3-5-8(2)6-7;1-7-5-3-4-6-8(7)2;1-2-8-6-4-3-5-7-8/h1-8H3;2*8H,1-7H3;2*7-8H,1-6H3;3*7-8H,3-6H2,1-2H3;8H,2-7H2,1H3/t;;;8-;;;2*7-,8?;/m...1..11./s1. The molecule has 4 aliphatic rings. The Kier molecular flexibility index (Phi) is 44.9. The molecule has 4 aliphatic carbocycles. The molecular weight excluding hydrogens is 973 g/mol. The lowest BCUT2D eigenvalue weighted by molar-refractivity contribution is 0.00575. The average Bonchev–Trinajstić information content (AvgIpc) is 3.30. The molecule has 0 spiro atoms. The van der Waals surface area contributed by atoms with Gasteiger partial charge in [0.05, 0.1) is 0 Å². The molecule has 4 fully saturated rings. The summed E-state index contributed by atoms with van der Waals surface area (Å²) in [6, 6.07) is 0. The summed E-state index contributed by atoms with van der Waals surface area (Å²) < 4.78 is 0. The van der Waals surface area contributed by atoms with E-state index in [1.54, 1.807) is 0 Å². The summed E-state index contributed by atoms with van der Waals surface area (Å²) in [5, 5.41) is 0. The van der Waals surface area contributed by atoms with Crippen molar-refractivity contribution in [1.82, 2.24) is 0 Å². The van der Waals surface area contributed by atoms with Crippen molar-refractivity contribution >= 4 is 0 Å². The lowest BCUT2D eigenvalue weighted by atomic mass is 9.56. The Labute approximate surface area is 522 Å². The van der Waals surface area contributed by atoms with E-state index in [0.29, 0.717) is 48.7 Å². The Hall–Kier alpha value is 0. The molecule has 0 radical (unpaired) electrons. The number of hydrogen-bond donors (Lipinski definition) is 0. The Morgan fingerprint density at radius 1 is 0.321 bits per heavy atom. The van der Waals surface area contributed by atoms with E-state index >= 15 is 0 Å². The molecule has 0 aromatic carbocycles. The van der Waals surface area contributed by atoms with Crippen LogP contribution in [0.5, 0.6) is 0 Å². The smallest absolute Gasteiger partial charge is 0.0257 e. The van der Waals surface area contributed by atoms with Crippen molar-refractivity contribution in [1.29, 1.82) is 0 Å². The van der Waals surface area contributed by atoms with Crippen molar-refractivity contribution in [3.8, 4) is 0 Å². The molecule has 0 saturated heterocycles. The predicted octanol–water partition coefficient (Wildman–Crippen LogP) is 29.7. The average molecular weight is 1150 g/mol. The van der Waals surface area contributed by atoms with Crippen LogP contribution in [0.1, 0.15) is 399 Å². The summed E-state index contributed by atoms with van der Waals surface area (Å²) in [5.74, 6) is 11.9. The van der Waals surface area contributed by atoms with Gasteiger partial charge in [-0.1, -0.05) is 393 Å². The molecular formula is C81H172. The van der Waals surface area contributed by atoms with Crippen LogP contribution >= 0.6 is 0 Å². The monoisotopic (exact) mass is 1150 g/mol. The van der Waals surface area contributed by atoms with Crippen molar-refractivity contribution < 1.29 is 0 Å². The van der Waals surface area contributed by atoms with Gasteiger partial charge in [0.2, 0.25) is 0 Å². The Morgan fingerprint density at radius 2 is 0.630 bits per heavy atom. The SMILES string of the molecule is CC(C(C)(C)C)C(C)(C)C.CC(C)(C)C(C)(C)C(C)(C)C.CC(C)C(C)(C)C(C)(C)C.CC(C)C(C)(C)C(C)C.CC(C)[C@@H](C)C(C)(C)C.CC1CCC(C)CC1.CC1CCCC[C@H]1C.CC1CCC[C@@H](C)C1.CCC1CCCCC1. The van der Waals surface area contributed by atoms with E-state index in [2.05, 4.69) is 284 Å². The van der Waals surface area contributed by atoms with Crippen LogP contribution in [0.4, 0.5) is 0 Å². The predicted molar refractivity (Wildman–Crippen MR) is 383 cm³/mol. The maximum atomic E-state index is 2.38. The minimum atomic E-state index is 0.375. The topological polar surface area (TPSA) is 0 Å². The van der Waals surface area contributed by atoms with Gasteiger partial charge in [0, 0.05) is 0 Å². The highest BCUT2D eigenvalue weighted by molar-refractivity contribution is 4.91. The van der Waals surface area contributed by atoms with Gasteiger partial charge in [-0.05, 0) is 132 Å². The van der Waals surface area contributed by atoms with Crippen molar-refractivity contribution in [2.75, 3.05) is 0 Å². The molecule has 4 rings (SSSR count). The summed E-state index contributed by atoms with van der Waals surface area (Å²) in [6.07, 6.45) is 26.6. The third kappa shape index (κ3) is 41.7. The van der Waals surface area contributed by atoms with Gasteiger partial charge in [-0.15, -0.1) is 0 Å². The van der Waals surface area contributed by atoms with Crippen LogP contribution in [0.3, 0.4) is 0 Å². The van der Waals surface area contributed by atoms with E-state index in [1.807, 2.05) is 0 Å². The van der Waals surface area contributed by atoms with E-state index in [1.165, 1.54) is 116 Å². The van der Waals surface area contributed by atoms with Crippen LogP contribution in [0.2, 0.25) is 0 Å². The Balaban J connectivity index is -0.000000268. The quantitative estimate of drug-likeness (QED) is 0.257. The summed E-state index contributed by atoms with van der Waals surface area (Å²) >= 11 is 0. The van der Waals surface area contributed by atoms with Crippen molar-refractivity contribution in [3.05, 3.63) is 0 Å². The third-order valence-electron chi connectivity index (χ3n) is 24.4. The maximum Gasteiger partial charge on any atom is -0.0257 e. The van der Waals surface area contributed by atoms with Gasteiger partial charge in [0.1, 0.15) is 0 Å². The molecule has 0 aliphatic heterocycles. The summed E-state index contributed by atoms with van der Waals surface area (Å²) in [5.41, 5.74) is 3.86. The lowest BCUT2D eigenvalue weighted by Crippen LogP contribution is -2.41. The zero-order chi connectivity index (χ0) is 65.7. The summed E-state index contributed by atoms with van der Waals surface area (Å²) in [7, 11) is 0. The van der Waals surface area contributed by atoms with Gasteiger partial charge < -0.3 is 0 Å². The van der Waals surface area contributed by atoms with E-state index in [0.717, 1.165) is 76.9 Å². The number of rotatable bonds is 5. The maximum absolute atomic E-state index is 2.38.